The van der Waals surface area contributed by atoms with Crippen LogP contribution in [0, 0.1) is 11.3 Å². The van der Waals surface area contributed by atoms with Gasteiger partial charge in [-0.3, -0.25) is 14.1 Å². The molecule has 0 unspecified atom stereocenters. The Morgan fingerprint density at radius 1 is 0.970 bits per heavy atom. The third kappa shape index (κ3) is 3.34. The van der Waals surface area contributed by atoms with Gasteiger partial charge in [-0.15, -0.1) is 0 Å². The molecule has 0 bridgehead atoms. The van der Waals surface area contributed by atoms with E-state index < -0.39 is 17.4 Å². The van der Waals surface area contributed by atoms with Crippen LogP contribution < -0.4 is 5.69 Å². The largest absolute Gasteiger partial charge is 0.416 e. The van der Waals surface area contributed by atoms with E-state index in [9.17, 15) is 18.0 Å². The Labute approximate surface area is 185 Å². The first-order valence-electron chi connectivity index (χ1n) is 9.96. The molecule has 0 aliphatic carbocycles. The fraction of sp³-hybridized carbons (Fsp3) is 0.0800. The maximum atomic E-state index is 13.3. The summed E-state index contributed by atoms with van der Waals surface area (Å²) in [5.41, 5.74) is 2.62. The highest BCUT2D eigenvalue weighted by Crippen LogP contribution is 2.33. The average Bonchev–Trinajstić information content (AvgIpc) is 3.08. The fourth-order valence-electron chi connectivity index (χ4n) is 3.97. The molecule has 0 spiro atoms. The summed E-state index contributed by atoms with van der Waals surface area (Å²) in [7, 11) is 1.56. The Bertz CT molecular complexity index is 1640. The molecule has 5 aromatic rings. The van der Waals surface area contributed by atoms with Gasteiger partial charge in [0.15, 0.2) is 0 Å². The fourth-order valence-corrected chi connectivity index (χ4v) is 3.97. The molecule has 8 heteroatoms. The highest BCUT2D eigenvalue weighted by atomic mass is 19.4. The van der Waals surface area contributed by atoms with Crippen LogP contribution in [0.5, 0.6) is 0 Å². The van der Waals surface area contributed by atoms with Gasteiger partial charge in [0.1, 0.15) is 0 Å². The number of hydrogen-bond acceptors (Lipinski definition) is 3. The molecule has 0 aliphatic rings. The predicted octanol–water partition coefficient (Wildman–Crippen LogP) is 5.43. The number of nitriles is 1. The summed E-state index contributed by atoms with van der Waals surface area (Å²) in [5.74, 6) is 0. The molecule has 3 aromatic carbocycles. The molecule has 5 nitrogen and oxygen atoms in total. The molecule has 0 atom stereocenters. The van der Waals surface area contributed by atoms with E-state index in [1.165, 1.54) is 21.3 Å². The van der Waals surface area contributed by atoms with Gasteiger partial charge in [0, 0.05) is 12.4 Å². The topological polar surface area (TPSA) is 63.6 Å². The number of benzene rings is 3. The summed E-state index contributed by atoms with van der Waals surface area (Å²) in [6, 6.07) is 19.4. The van der Waals surface area contributed by atoms with Crippen molar-refractivity contribution in [2.75, 3.05) is 0 Å². The molecule has 0 saturated heterocycles. The van der Waals surface area contributed by atoms with E-state index in [0.29, 0.717) is 27.5 Å². The van der Waals surface area contributed by atoms with E-state index in [2.05, 4.69) is 11.1 Å². The smallest absolute Gasteiger partial charge is 0.293 e. The lowest BCUT2D eigenvalue weighted by Crippen LogP contribution is -2.21. The highest BCUT2D eigenvalue weighted by molar-refractivity contribution is 6.04. The number of alkyl halides is 3. The molecule has 0 saturated carbocycles. The second-order valence-electron chi connectivity index (χ2n) is 7.64. The lowest BCUT2D eigenvalue weighted by molar-refractivity contribution is -0.137. The first-order chi connectivity index (χ1) is 15.8. The van der Waals surface area contributed by atoms with Crippen LogP contribution in [0.4, 0.5) is 13.2 Å². The monoisotopic (exact) mass is 444 g/mol. The molecule has 0 aliphatic heterocycles. The van der Waals surface area contributed by atoms with Crippen molar-refractivity contribution in [3.63, 3.8) is 0 Å². The summed E-state index contributed by atoms with van der Waals surface area (Å²) in [6.07, 6.45) is -2.98. The van der Waals surface area contributed by atoms with Crippen LogP contribution in [0.25, 0.3) is 38.8 Å². The van der Waals surface area contributed by atoms with Crippen LogP contribution in [0.3, 0.4) is 0 Å². The van der Waals surface area contributed by atoms with Crippen molar-refractivity contribution < 1.29 is 13.2 Å². The molecule has 162 valence electrons. The Balaban J connectivity index is 1.82. The summed E-state index contributed by atoms with van der Waals surface area (Å²) < 4.78 is 42.6. The standard InChI is InChI=1S/C25H15F3N4O/c1-31-22-14-30-21-10-9-17(16-7-5-15(13-29)6-8-16)11-20(21)23(22)32(24(31)33)19-4-2-3-18(12-19)25(26,27)28/h2-12,14H,1H3. The zero-order valence-corrected chi connectivity index (χ0v) is 17.3. The van der Waals surface area contributed by atoms with Crippen molar-refractivity contribution >= 4 is 21.9 Å². The Morgan fingerprint density at radius 3 is 2.39 bits per heavy atom. The first kappa shape index (κ1) is 20.5. The van der Waals surface area contributed by atoms with Crippen molar-refractivity contribution in [2.45, 2.75) is 6.18 Å². The number of aryl methyl sites for hydroxylation is 1. The highest BCUT2D eigenvalue weighted by Gasteiger charge is 2.31. The summed E-state index contributed by atoms with van der Waals surface area (Å²) in [6.45, 7) is 0. The molecular weight excluding hydrogens is 429 g/mol. The van der Waals surface area contributed by atoms with E-state index in [-0.39, 0.29) is 5.69 Å². The van der Waals surface area contributed by atoms with Gasteiger partial charge < -0.3 is 0 Å². The molecule has 5 rings (SSSR count). The molecule has 33 heavy (non-hydrogen) atoms. The lowest BCUT2D eigenvalue weighted by Gasteiger charge is -2.11. The van der Waals surface area contributed by atoms with Crippen molar-refractivity contribution in [3.05, 3.63) is 94.5 Å². The van der Waals surface area contributed by atoms with Gasteiger partial charge >= 0.3 is 11.9 Å². The Kier molecular flexibility index (Phi) is 4.57. The van der Waals surface area contributed by atoms with E-state index in [4.69, 9.17) is 5.26 Å². The van der Waals surface area contributed by atoms with Gasteiger partial charge in [-0.25, -0.2) is 4.79 Å². The zero-order chi connectivity index (χ0) is 23.3. The van der Waals surface area contributed by atoms with Crippen molar-refractivity contribution in [3.8, 4) is 22.9 Å². The second-order valence-corrected chi connectivity index (χ2v) is 7.64. The van der Waals surface area contributed by atoms with E-state index in [1.807, 2.05) is 24.3 Å². The third-order valence-corrected chi connectivity index (χ3v) is 5.66. The van der Waals surface area contributed by atoms with Gasteiger partial charge in [-0.05, 0) is 53.6 Å². The van der Waals surface area contributed by atoms with E-state index in [1.54, 1.807) is 31.4 Å². The van der Waals surface area contributed by atoms with Crippen LogP contribution in [-0.2, 0) is 13.2 Å². The third-order valence-electron chi connectivity index (χ3n) is 5.66. The first-order valence-corrected chi connectivity index (χ1v) is 9.96. The maximum Gasteiger partial charge on any atom is 0.416 e. The van der Waals surface area contributed by atoms with Crippen LogP contribution in [0.15, 0.2) is 77.7 Å². The molecule has 0 N–H and O–H groups in total. The Hall–Kier alpha value is -4.38. The molecule has 2 aromatic heterocycles. The van der Waals surface area contributed by atoms with Crippen LogP contribution >= 0.6 is 0 Å². The second kappa shape index (κ2) is 7.35. The van der Waals surface area contributed by atoms with Crippen molar-refractivity contribution in [2.24, 2.45) is 7.05 Å². The van der Waals surface area contributed by atoms with Crippen LogP contribution in [0.2, 0.25) is 0 Å². The van der Waals surface area contributed by atoms with Gasteiger partial charge in [-0.2, -0.15) is 18.4 Å². The predicted molar refractivity (Wildman–Crippen MR) is 119 cm³/mol. The van der Waals surface area contributed by atoms with Crippen molar-refractivity contribution in [1.29, 1.82) is 5.26 Å². The van der Waals surface area contributed by atoms with Gasteiger partial charge in [-0.1, -0.05) is 24.3 Å². The molecular formula is C25H15F3N4O. The van der Waals surface area contributed by atoms with Gasteiger partial charge in [0.05, 0.1) is 45.6 Å². The van der Waals surface area contributed by atoms with Crippen molar-refractivity contribution in [1.82, 2.24) is 14.1 Å². The Morgan fingerprint density at radius 2 is 1.70 bits per heavy atom. The number of aromatic nitrogens is 3. The molecule has 0 fully saturated rings. The lowest BCUT2D eigenvalue weighted by atomic mass is 10.0. The minimum Gasteiger partial charge on any atom is -0.293 e. The number of hydrogen-bond donors (Lipinski definition) is 0. The normalized spacial score (nSPS) is 11.7. The zero-order valence-electron chi connectivity index (χ0n) is 17.3. The average molecular weight is 444 g/mol. The summed E-state index contributed by atoms with van der Waals surface area (Å²) >= 11 is 0. The van der Waals surface area contributed by atoms with E-state index in [0.717, 1.165) is 23.3 Å². The maximum absolute atomic E-state index is 13.3. The number of nitrogens with zero attached hydrogens (tertiary/aromatic N) is 4. The molecule has 0 amide bonds. The molecule has 0 radical (unpaired) electrons. The van der Waals surface area contributed by atoms with Gasteiger partial charge in [0.25, 0.3) is 0 Å². The minimum absolute atomic E-state index is 0.122. The summed E-state index contributed by atoms with van der Waals surface area (Å²) in [4.78, 5) is 17.5. The quantitative estimate of drug-likeness (QED) is 0.365. The number of halogens is 3. The number of imidazole rings is 1. The SMILES string of the molecule is Cn1c(=O)n(-c2cccc(C(F)(F)F)c2)c2c3cc(-c4ccc(C#N)cc4)ccc3ncc21. The minimum atomic E-state index is -4.53. The molecule has 2 heterocycles. The number of rotatable bonds is 2. The van der Waals surface area contributed by atoms with E-state index >= 15 is 0 Å². The van der Waals surface area contributed by atoms with Gasteiger partial charge in [0.2, 0.25) is 0 Å². The summed E-state index contributed by atoms with van der Waals surface area (Å²) in [5, 5.41) is 9.66. The van der Waals surface area contributed by atoms with Crippen LogP contribution in [-0.4, -0.2) is 14.1 Å². The number of fused-ring (bicyclic) bond motifs is 3. The van der Waals surface area contributed by atoms with Crippen LogP contribution in [0.1, 0.15) is 11.1 Å². The number of pyridine rings is 1.